The van der Waals surface area contributed by atoms with Gasteiger partial charge < -0.3 is 15.5 Å². The summed E-state index contributed by atoms with van der Waals surface area (Å²) in [5.41, 5.74) is 6.60. The lowest BCUT2D eigenvalue weighted by Crippen LogP contribution is -2.43. The number of nitrogens with zero attached hydrogens (tertiary/aromatic N) is 2. The van der Waals surface area contributed by atoms with Gasteiger partial charge in [-0.05, 0) is 63.9 Å². The summed E-state index contributed by atoms with van der Waals surface area (Å²) in [6.45, 7) is 14.9. The molecule has 0 radical (unpaired) electrons. The highest BCUT2D eigenvalue weighted by Crippen LogP contribution is 2.34. The van der Waals surface area contributed by atoms with Crippen LogP contribution in [0.3, 0.4) is 0 Å². The fourth-order valence-corrected chi connectivity index (χ4v) is 3.79. The minimum Gasteiger partial charge on any atom is -0.330 e. The van der Waals surface area contributed by atoms with Crippen molar-refractivity contribution < 1.29 is 0 Å². The van der Waals surface area contributed by atoms with Gasteiger partial charge in [-0.1, -0.05) is 46.5 Å². The molecule has 0 spiro atoms. The maximum absolute atomic E-state index is 6.20. The summed E-state index contributed by atoms with van der Waals surface area (Å²) in [6.07, 6.45) is 9.57. The monoisotopic (exact) mass is 297 g/mol. The summed E-state index contributed by atoms with van der Waals surface area (Å²) >= 11 is 0. The Kier molecular flexibility index (Phi) is 9.54. The van der Waals surface area contributed by atoms with Crippen LogP contribution in [0, 0.1) is 5.41 Å². The standard InChI is InChI=1S/C18H39N3/c1-4-20(5-2)14-11-15-21(6-3)17-18(16-19)12-9-7-8-10-13-18/h4-17,19H2,1-3H3. The van der Waals surface area contributed by atoms with Gasteiger partial charge in [0.15, 0.2) is 0 Å². The maximum atomic E-state index is 6.20. The van der Waals surface area contributed by atoms with Crippen molar-refractivity contribution >= 4 is 0 Å². The fourth-order valence-electron chi connectivity index (χ4n) is 3.79. The molecule has 0 aromatic heterocycles. The normalized spacial score (nSPS) is 19.1. The SMILES string of the molecule is CCN(CC)CCCN(CC)CC1(CN)CCCCCC1. The minimum absolute atomic E-state index is 0.404. The smallest absolute Gasteiger partial charge is 0.00500 e. The van der Waals surface area contributed by atoms with Crippen LogP contribution in [-0.4, -0.2) is 55.6 Å². The third kappa shape index (κ3) is 6.66. The first-order valence-electron chi connectivity index (χ1n) is 9.34. The van der Waals surface area contributed by atoms with Crippen molar-refractivity contribution in [1.29, 1.82) is 0 Å². The van der Waals surface area contributed by atoms with Gasteiger partial charge in [-0.2, -0.15) is 0 Å². The molecular weight excluding hydrogens is 258 g/mol. The molecule has 1 fully saturated rings. The first-order chi connectivity index (χ1) is 10.2. The predicted octanol–water partition coefficient (Wildman–Crippen LogP) is 3.34. The van der Waals surface area contributed by atoms with Crippen LogP contribution in [0.5, 0.6) is 0 Å². The number of hydrogen-bond acceptors (Lipinski definition) is 3. The zero-order valence-electron chi connectivity index (χ0n) is 14.9. The lowest BCUT2D eigenvalue weighted by molar-refractivity contribution is 0.135. The van der Waals surface area contributed by atoms with Crippen molar-refractivity contribution in [2.75, 3.05) is 45.8 Å². The zero-order chi connectivity index (χ0) is 15.6. The van der Waals surface area contributed by atoms with Crippen molar-refractivity contribution in [1.82, 2.24) is 9.80 Å². The molecule has 3 heteroatoms. The summed E-state index contributed by atoms with van der Waals surface area (Å²) in [5.74, 6) is 0. The molecule has 1 aliphatic carbocycles. The van der Waals surface area contributed by atoms with E-state index in [0.29, 0.717) is 5.41 Å². The molecule has 0 aromatic rings. The molecule has 3 nitrogen and oxygen atoms in total. The number of nitrogens with two attached hydrogens (primary N) is 1. The van der Waals surface area contributed by atoms with E-state index in [1.54, 1.807) is 0 Å². The van der Waals surface area contributed by atoms with E-state index < -0.39 is 0 Å². The Morgan fingerprint density at radius 2 is 1.33 bits per heavy atom. The highest BCUT2D eigenvalue weighted by molar-refractivity contribution is 4.85. The predicted molar refractivity (Wildman–Crippen MR) is 93.7 cm³/mol. The lowest BCUT2D eigenvalue weighted by Gasteiger charge is -2.37. The van der Waals surface area contributed by atoms with Gasteiger partial charge in [0.05, 0.1) is 0 Å². The molecule has 1 aliphatic rings. The van der Waals surface area contributed by atoms with Gasteiger partial charge >= 0.3 is 0 Å². The molecule has 0 bridgehead atoms. The maximum Gasteiger partial charge on any atom is 0.00500 e. The molecule has 0 atom stereocenters. The van der Waals surface area contributed by atoms with Crippen LogP contribution in [0.4, 0.5) is 0 Å². The molecule has 0 unspecified atom stereocenters. The van der Waals surface area contributed by atoms with Crippen molar-refractivity contribution in [3.63, 3.8) is 0 Å². The van der Waals surface area contributed by atoms with Gasteiger partial charge in [0.25, 0.3) is 0 Å². The second kappa shape index (κ2) is 10.6. The average Bonchev–Trinajstić information content (AvgIpc) is 2.76. The third-order valence-corrected chi connectivity index (χ3v) is 5.45. The minimum atomic E-state index is 0.404. The molecule has 2 N–H and O–H groups in total. The number of hydrogen-bond donors (Lipinski definition) is 1. The highest BCUT2D eigenvalue weighted by atomic mass is 15.1. The summed E-state index contributed by atoms with van der Waals surface area (Å²) in [4.78, 5) is 5.18. The molecule has 1 saturated carbocycles. The third-order valence-electron chi connectivity index (χ3n) is 5.45. The Morgan fingerprint density at radius 3 is 1.81 bits per heavy atom. The molecule has 0 heterocycles. The average molecular weight is 298 g/mol. The van der Waals surface area contributed by atoms with Crippen molar-refractivity contribution in [3.05, 3.63) is 0 Å². The Labute approximate surface area is 133 Å². The van der Waals surface area contributed by atoms with Crippen LogP contribution in [0.2, 0.25) is 0 Å². The largest absolute Gasteiger partial charge is 0.330 e. The highest BCUT2D eigenvalue weighted by Gasteiger charge is 2.31. The number of rotatable bonds is 10. The first-order valence-corrected chi connectivity index (χ1v) is 9.34. The van der Waals surface area contributed by atoms with Crippen LogP contribution in [0.25, 0.3) is 0 Å². The molecule has 0 aliphatic heterocycles. The van der Waals surface area contributed by atoms with Gasteiger partial charge in [0.1, 0.15) is 0 Å². The summed E-state index contributed by atoms with van der Waals surface area (Å²) in [7, 11) is 0. The van der Waals surface area contributed by atoms with E-state index in [0.717, 1.165) is 6.54 Å². The molecule has 1 rings (SSSR count). The van der Waals surface area contributed by atoms with Gasteiger partial charge in [0, 0.05) is 6.54 Å². The van der Waals surface area contributed by atoms with Crippen molar-refractivity contribution in [2.24, 2.45) is 11.1 Å². The summed E-state index contributed by atoms with van der Waals surface area (Å²) < 4.78 is 0. The molecule has 126 valence electrons. The fraction of sp³-hybridized carbons (Fsp3) is 1.00. The van der Waals surface area contributed by atoms with Gasteiger partial charge in [-0.15, -0.1) is 0 Å². The van der Waals surface area contributed by atoms with Crippen LogP contribution in [-0.2, 0) is 0 Å². The second-order valence-electron chi connectivity index (χ2n) is 6.87. The topological polar surface area (TPSA) is 32.5 Å². The van der Waals surface area contributed by atoms with Gasteiger partial charge in [-0.25, -0.2) is 0 Å². The van der Waals surface area contributed by atoms with E-state index in [9.17, 15) is 0 Å². The van der Waals surface area contributed by atoms with Gasteiger partial charge in [-0.3, -0.25) is 0 Å². The zero-order valence-corrected chi connectivity index (χ0v) is 14.9. The van der Waals surface area contributed by atoms with Crippen molar-refractivity contribution in [2.45, 2.75) is 65.7 Å². The van der Waals surface area contributed by atoms with Crippen molar-refractivity contribution in [3.8, 4) is 0 Å². The second-order valence-corrected chi connectivity index (χ2v) is 6.87. The molecule has 0 aromatic carbocycles. The van der Waals surface area contributed by atoms with E-state index in [2.05, 4.69) is 30.6 Å². The van der Waals surface area contributed by atoms with Crippen LogP contribution >= 0.6 is 0 Å². The molecule has 0 saturated heterocycles. The Hall–Kier alpha value is -0.120. The van der Waals surface area contributed by atoms with E-state index in [-0.39, 0.29) is 0 Å². The van der Waals surface area contributed by atoms with Crippen LogP contribution in [0.1, 0.15) is 65.7 Å². The van der Waals surface area contributed by atoms with Crippen LogP contribution < -0.4 is 5.73 Å². The Balaban J connectivity index is 2.43. The van der Waals surface area contributed by atoms with E-state index in [4.69, 9.17) is 5.73 Å². The van der Waals surface area contributed by atoms with E-state index >= 15 is 0 Å². The quantitative estimate of drug-likeness (QED) is 0.628. The van der Waals surface area contributed by atoms with E-state index in [1.165, 1.54) is 84.2 Å². The first kappa shape index (κ1) is 18.9. The Morgan fingerprint density at radius 1 is 0.810 bits per heavy atom. The molecular formula is C18H39N3. The Bertz CT molecular complexity index is 243. The summed E-state index contributed by atoms with van der Waals surface area (Å²) in [6, 6.07) is 0. The van der Waals surface area contributed by atoms with Gasteiger partial charge in [0.2, 0.25) is 0 Å². The lowest BCUT2D eigenvalue weighted by atomic mass is 9.80. The van der Waals surface area contributed by atoms with Crippen LogP contribution in [0.15, 0.2) is 0 Å². The molecule has 21 heavy (non-hydrogen) atoms. The summed E-state index contributed by atoms with van der Waals surface area (Å²) in [5, 5.41) is 0. The molecule has 0 amide bonds. The van der Waals surface area contributed by atoms with E-state index in [1.807, 2.05) is 0 Å².